The number of rotatable bonds is 4. The Labute approximate surface area is 101 Å². The zero-order valence-corrected chi connectivity index (χ0v) is 9.82. The summed E-state index contributed by atoms with van der Waals surface area (Å²) < 4.78 is 5.71. The van der Waals surface area contributed by atoms with Gasteiger partial charge >= 0.3 is 0 Å². The van der Waals surface area contributed by atoms with E-state index < -0.39 is 0 Å². The van der Waals surface area contributed by atoms with Crippen molar-refractivity contribution in [1.29, 1.82) is 0 Å². The van der Waals surface area contributed by atoms with Crippen molar-refractivity contribution >= 4 is 5.78 Å². The van der Waals surface area contributed by atoms with Crippen LogP contribution >= 0.6 is 0 Å². The quantitative estimate of drug-likeness (QED) is 0.737. The predicted molar refractivity (Wildman–Crippen MR) is 66.4 cm³/mol. The molecule has 0 unspecified atom stereocenters. The van der Waals surface area contributed by atoms with Gasteiger partial charge in [-0.2, -0.15) is 0 Å². The van der Waals surface area contributed by atoms with Crippen LogP contribution in [0.1, 0.15) is 42.5 Å². The first-order valence-corrected chi connectivity index (χ1v) is 6.33. The first-order chi connectivity index (χ1) is 8.33. The van der Waals surface area contributed by atoms with E-state index in [1.807, 2.05) is 24.3 Å². The Morgan fingerprint density at radius 2 is 2.18 bits per heavy atom. The van der Waals surface area contributed by atoms with Crippen LogP contribution in [0, 0.1) is 0 Å². The highest BCUT2D eigenvalue weighted by molar-refractivity contribution is 6.09. The summed E-state index contributed by atoms with van der Waals surface area (Å²) in [6, 6.07) is 7.58. The van der Waals surface area contributed by atoms with E-state index in [0.29, 0.717) is 6.10 Å². The molecule has 17 heavy (non-hydrogen) atoms. The predicted octanol–water partition coefficient (Wildman–Crippen LogP) is 3.52. The van der Waals surface area contributed by atoms with Crippen molar-refractivity contribution < 1.29 is 9.53 Å². The van der Waals surface area contributed by atoms with Gasteiger partial charge in [0.05, 0.1) is 6.10 Å². The average Bonchev–Trinajstić information content (AvgIpc) is 2.99. The molecule has 0 radical (unpaired) electrons. The lowest BCUT2D eigenvalue weighted by atomic mass is 10.0. The van der Waals surface area contributed by atoms with Gasteiger partial charge in [-0.3, -0.25) is 4.79 Å². The maximum Gasteiger partial charge on any atom is 0.188 e. The van der Waals surface area contributed by atoms with E-state index in [-0.39, 0.29) is 5.78 Å². The van der Waals surface area contributed by atoms with Gasteiger partial charge in [0.25, 0.3) is 0 Å². The van der Waals surface area contributed by atoms with E-state index in [4.69, 9.17) is 4.74 Å². The number of benzene rings is 1. The SMILES string of the molecule is O=C(C1=CCCC1)c1cccc(OC2CC2)c1. The summed E-state index contributed by atoms with van der Waals surface area (Å²) in [6.45, 7) is 0. The number of allylic oxidation sites excluding steroid dienone is 2. The third-order valence-electron chi connectivity index (χ3n) is 3.26. The van der Waals surface area contributed by atoms with E-state index in [1.54, 1.807) is 0 Å². The molecule has 2 aliphatic rings. The van der Waals surface area contributed by atoms with Gasteiger partial charge in [0, 0.05) is 5.56 Å². The highest BCUT2D eigenvalue weighted by atomic mass is 16.5. The zero-order valence-electron chi connectivity index (χ0n) is 9.82. The van der Waals surface area contributed by atoms with E-state index >= 15 is 0 Å². The van der Waals surface area contributed by atoms with Crippen LogP contribution in [0.3, 0.4) is 0 Å². The molecule has 0 atom stereocenters. The Balaban J connectivity index is 1.79. The van der Waals surface area contributed by atoms with Crippen molar-refractivity contribution in [2.75, 3.05) is 0 Å². The molecule has 0 amide bonds. The molecule has 2 aliphatic carbocycles. The van der Waals surface area contributed by atoms with Crippen LogP contribution < -0.4 is 4.74 Å². The third-order valence-corrected chi connectivity index (χ3v) is 3.26. The van der Waals surface area contributed by atoms with Crippen LogP contribution in [0.5, 0.6) is 5.75 Å². The molecule has 0 heterocycles. The van der Waals surface area contributed by atoms with Crippen LogP contribution in [-0.2, 0) is 0 Å². The fourth-order valence-corrected chi connectivity index (χ4v) is 2.15. The second-order valence-electron chi connectivity index (χ2n) is 4.80. The largest absolute Gasteiger partial charge is 0.490 e. The van der Waals surface area contributed by atoms with Gasteiger partial charge in [0.15, 0.2) is 5.78 Å². The van der Waals surface area contributed by atoms with E-state index in [0.717, 1.165) is 49.0 Å². The number of hydrogen-bond acceptors (Lipinski definition) is 2. The average molecular weight is 228 g/mol. The van der Waals surface area contributed by atoms with Crippen molar-refractivity contribution in [3.8, 4) is 5.75 Å². The van der Waals surface area contributed by atoms with Gasteiger partial charge < -0.3 is 4.74 Å². The van der Waals surface area contributed by atoms with Crippen molar-refractivity contribution in [2.45, 2.75) is 38.2 Å². The molecule has 1 aromatic rings. The fourth-order valence-electron chi connectivity index (χ4n) is 2.15. The molecule has 0 spiro atoms. The van der Waals surface area contributed by atoms with Crippen LogP contribution in [0.4, 0.5) is 0 Å². The molecule has 1 fully saturated rings. The highest BCUT2D eigenvalue weighted by Crippen LogP contribution is 2.28. The normalized spacial score (nSPS) is 18.9. The van der Waals surface area contributed by atoms with Gasteiger partial charge in [-0.15, -0.1) is 0 Å². The van der Waals surface area contributed by atoms with Crippen molar-refractivity contribution in [2.24, 2.45) is 0 Å². The monoisotopic (exact) mass is 228 g/mol. The van der Waals surface area contributed by atoms with Gasteiger partial charge in [0.2, 0.25) is 0 Å². The second kappa shape index (κ2) is 4.36. The van der Waals surface area contributed by atoms with Crippen LogP contribution in [-0.4, -0.2) is 11.9 Å². The summed E-state index contributed by atoms with van der Waals surface area (Å²) in [6.07, 6.45) is 7.81. The molecule has 0 aliphatic heterocycles. The number of carbonyl (C=O) groups excluding carboxylic acids is 1. The summed E-state index contributed by atoms with van der Waals surface area (Å²) in [4.78, 5) is 12.2. The summed E-state index contributed by atoms with van der Waals surface area (Å²) >= 11 is 0. The Hall–Kier alpha value is -1.57. The second-order valence-corrected chi connectivity index (χ2v) is 4.80. The lowest BCUT2D eigenvalue weighted by molar-refractivity contribution is 0.103. The van der Waals surface area contributed by atoms with Crippen LogP contribution in [0.2, 0.25) is 0 Å². The van der Waals surface area contributed by atoms with E-state index in [1.165, 1.54) is 0 Å². The van der Waals surface area contributed by atoms with Gasteiger partial charge in [-0.25, -0.2) is 0 Å². The molecule has 2 nitrogen and oxygen atoms in total. The van der Waals surface area contributed by atoms with Crippen molar-refractivity contribution in [3.05, 3.63) is 41.5 Å². The minimum Gasteiger partial charge on any atom is -0.490 e. The van der Waals surface area contributed by atoms with E-state index in [2.05, 4.69) is 6.08 Å². The standard InChI is InChI=1S/C15H16O2/c16-15(11-4-1-2-5-11)12-6-3-7-14(10-12)17-13-8-9-13/h3-4,6-7,10,13H,1-2,5,8-9H2. The molecular weight excluding hydrogens is 212 g/mol. The minimum absolute atomic E-state index is 0.170. The Morgan fingerprint density at radius 1 is 1.29 bits per heavy atom. The molecule has 0 saturated heterocycles. The first kappa shape index (κ1) is 10.6. The van der Waals surface area contributed by atoms with Crippen LogP contribution in [0.15, 0.2) is 35.9 Å². The Bertz CT molecular complexity index is 470. The zero-order chi connectivity index (χ0) is 11.7. The smallest absolute Gasteiger partial charge is 0.188 e. The van der Waals surface area contributed by atoms with Crippen molar-refractivity contribution in [1.82, 2.24) is 0 Å². The molecule has 88 valence electrons. The van der Waals surface area contributed by atoms with Crippen LogP contribution in [0.25, 0.3) is 0 Å². The Morgan fingerprint density at radius 3 is 2.88 bits per heavy atom. The lowest BCUT2D eigenvalue weighted by Crippen LogP contribution is -2.03. The molecule has 0 aromatic heterocycles. The molecule has 0 N–H and O–H groups in total. The highest BCUT2D eigenvalue weighted by Gasteiger charge is 2.24. The molecule has 1 saturated carbocycles. The summed E-state index contributed by atoms with van der Waals surface area (Å²) in [5.74, 6) is 1.00. The van der Waals surface area contributed by atoms with Gasteiger partial charge in [-0.05, 0) is 49.8 Å². The molecular formula is C15H16O2. The fraction of sp³-hybridized carbons (Fsp3) is 0.400. The lowest BCUT2D eigenvalue weighted by Gasteiger charge is -2.06. The molecule has 0 bridgehead atoms. The summed E-state index contributed by atoms with van der Waals surface area (Å²) in [5.41, 5.74) is 1.73. The number of ether oxygens (including phenoxy) is 1. The van der Waals surface area contributed by atoms with Gasteiger partial charge in [-0.1, -0.05) is 18.2 Å². The maximum absolute atomic E-state index is 12.2. The molecule has 1 aromatic carbocycles. The molecule has 2 heteroatoms. The number of hydrogen-bond donors (Lipinski definition) is 0. The minimum atomic E-state index is 0.170. The third kappa shape index (κ3) is 2.41. The maximum atomic E-state index is 12.2. The number of ketones is 1. The molecule has 3 rings (SSSR count). The first-order valence-electron chi connectivity index (χ1n) is 6.33. The van der Waals surface area contributed by atoms with E-state index in [9.17, 15) is 4.79 Å². The number of carbonyl (C=O) groups is 1. The Kier molecular flexibility index (Phi) is 2.71. The number of Topliss-reactive ketones (excluding diaryl/α,β-unsaturated/α-hetero) is 1. The van der Waals surface area contributed by atoms with Gasteiger partial charge in [0.1, 0.15) is 5.75 Å². The summed E-state index contributed by atoms with van der Waals surface area (Å²) in [7, 11) is 0. The van der Waals surface area contributed by atoms with Crippen molar-refractivity contribution in [3.63, 3.8) is 0 Å². The summed E-state index contributed by atoms with van der Waals surface area (Å²) in [5, 5.41) is 0. The topological polar surface area (TPSA) is 26.3 Å².